The van der Waals surface area contributed by atoms with Crippen LogP contribution in [-0.4, -0.2) is 45.7 Å². The van der Waals surface area contributed by atoms with Gasteiger partial charge in [-0.15, -0.1) is 0 Å². The van der Waals surface area contributed by atoms with Gasteiger partial charge in [-0.2, -0.15) is 0 Å². The summed E-state index contributed by atoms with van der Waals surface area (Å²) in [5.41, 5.74) is 2.17. The number of halogens is 1. The Kier molecular flexibility index (Phi) is 7.75. The van der Waals surface area contributed by atoms with Gasteiger partial charge in [-0.3, -0.25) is 4.99 Å². The summed E-state index contributed by atoms with van der Waals surface area (Å²) in [6.07, 6.45) is 0. The van der Waals surface area contributed by atoms with Crippen LogP contribution in [0.4, 0.5) is 0 Å². The zero-order valence-electron chi connectivity index (χ0n) is 15.8. The molecule has 0 radical (unpaired) electrons. The average molecular weight is 375 g/mol. The van der Waals surface area contributed by atoms with Crippen LogP contribution in [0.2, 0.25) is 5.02 Å². The number of aliphatic imine (C=N–C) groups is 1. The lowest BCUT2D eigenvalue weighted by molar-refractivity contribution is 0.287. The van der Waals surface area contributed by atoms with E-state index in [0.717, 1.165) is 27.9 Å². The number of hydrogen-bond acceptors (Lipinski definition) is 3. The van der Waals surface area contributed by atoms with E-state index >= 15 is 0 Å². The third-order valence-corrected chi connectivity index (χ3v) is 4.58. The molecule has 0 spiro atoms. The zero-order chi connectivity index (χ0) is 18.9. The molecule has 2 aromatic carbocycles. The number of hydrogen-bond donors (Lipinski definition) is 2. The van der Waals surface area contributed by atoms with Crippen molar-refractivity contribution in [1.29, 1.82) is 0 Å². The molecule has 0 heterocycles. The second-order valence-electron chi connectivity index (χ2n) is 6.12. The molecule has 140 valence electrons. The van der Waals surface area contributed by atoms with Crippen molar-refractivity contribution in [2.75, 3.05) is 34.8 Å². The van der Waals surface area contributed by atoms with Gasteiger partial charge in [0.05, 0.1) is 13.2 Å². The first-order valence-electron chi connectivity index (χ1n) is 8.54. The summed E-state index contributed by atoms with van der Waals surface area (Å²) < 4.78 is 5.51. The smallest absolute Gasteiger partial charge is 0.191 e. The van der Waals surface area contributed by atoms with E-state index in [0.29, 0.717) is 13.1 Å². The SMILES string of the molecule is CN=C(NCc1ccccc1Cl)NCC(c1ccccc1OC)N(C)C. The van der Waals surface area contributed by atoms with Crippen LogP contribution in [0.15, 0.2) is 53.5 Å². The van der Waals surface area contributed by atoms with E-state index in [9.17, 15) is 0 Å². The number of rotatable bonds is 7. The Labute approximate surface area is 161 Å². The van der Waals surface area contributed by atoms with Crippen LogP contribution >= 0.6 is 11.6 Å². The highest BCUT2D eigenvalue weighted by Crippen LogP contribution is 2.27. The van der Waals surface area contributed by atoms with E-state index in [4.69, 9.17) is 16.3 Å². The number of likely N-dealkylation sites (N-methyl/N-ethyl adjacent to an activating group) is 1. The van der Waals surface area contributed by atoms with Crippen molar-refractivity contribution in [3.63, 3.8) is 0 Å². The van der Waals surface area contributed by atoms with Crippen LogP contribution in [0.25, 0.3) is 0 Å². The Balaban J connectivity index is 2.02. The Morgan fingerprint density at radius 3 is 2.46 bits per heavy atom. The number of benzene rings is 2. The van der Waals surface area contributed by atoms with Crippen LogP contribution < -0.4 is 15.4 Å². The van der Waals surface area contributed by atoms with Crippen molar-refractivity contribution >= 4 is 17.6 Å². The van der Waals surface area contributed by atoms with E-state index in [1.807, 2.05) is 42.5 Å². The summed E-state index contributed by atoms with van der Waals surface area (Å²) in [6.45, 7) is 1.30. The number of nitrogens with one attached hydrogen (secondary N) is 2. The van der Waals surface area contributed by atoms with Gasteiger partial charge in [0.2, 0.25) is 0 Å². The van der Waals surface area contributed by atoms with Crippen molar-refractivity contribution in [2.24, 2.45) is 4.99 Å². The average Bonchev–Trinajstić information content (AvgIpc) is 2.65. The fourth-order valence-corrected chi connectivity index (χ4v) is 2.95. The highest BCUT2D eigenvalue weighted by Gasteiger charge is 2.18. The third-order valence-electron chi connectivity index (χ3n) is 4.21. The molecule has 1 atom stereocenters. The van der Waals surface area contributed by atoms with Gasteiger partial charge in [-0.1, -0.05) is 48.0 Å². The Bertz CT molecular complexity index is 733. The summed E-state index contributed by atoms with van der Waals surface area (Å²) in [5, 5.41) is 7.44. The fraction of sp³-hybridized carbons (Fsp3) is 0.350. The second-order valence-corrected chi connectivity index (χ2v) is 6.53. The Morgan fingerprint density at radius 2 is 1.81 bits per heavy atom. The molecule has 0 aliphatic carbocycles. The molecule has 0 aromatic heterocycles. The first kappa shape index (κ1) is 20.1. The number of methoxy groups -OCH3 is 1. The van der Waals surface area contributed by atoms with Gasteiger partial charge in [0.25, 0.3) is 0 Å². The van der Waals surface area contributed by atoms with E-state index in [1.54, 1.807) is 14.2 Å². The van der Waals surface area contributed by atoms with E-state index in [-0.39, 0.29) is 6.04 Å². The topological polar surface area (TPSA) is 48.9 Å². The number of ether oxygens (including phenoxy) is 1. The maximum atomic E-state index is 6.21. The van der Waals surface area contributed by atoms with Crippen LogP contribution in [0, 0.1) is 0 Å². The predicted molar refractivity (Wildman–Crippen MR) is 109 cm³/mol. The lowest BCUT2D eigenvalue weighted by Crippen LogP contribution is -2.41. The highest BCUT2D eigenvalue weighted by molar-refractivity contribution is 6.31. The fourth-order valence-electron chi connectivity index (χ4n) is 2.75. The summed E-state index contributed by atoms with van der Waals surface area (Å²) >= 11 is 6.21. The predicted octanol–water partition coefficient (Wildman–Crippen LogP) is 3.32. The molecule has 0 amide bonds. The van der Waals surface area contributed by atoms with E-state index < -0.39 is 0 Å². The van der Waals surface area contributed by atoms with Crippen LogP contribution in [-0.2, 0) is 6.54 Å². The molecule has 2 N–H and O–H groups in total. The summed E-state index contributed by atoms with van der Waals surface area (Å²) in [4.78, 5) is 6.46. The van der Waals surface area contributed by atoms with Crippen molar-refractivity contribution in [1.82, 2.24) is 15.5 Å². The first-order valence-corrected chi connectivity index (χ1v) is 8.92. The summed E-state index contributed by atoms with van der Waals surface area (Å²) in [7, 11) is 7.57. The van der Waals surface area contributed by atoms with Crippen LogP contribution in [0.5, 0.6) is 5.75 Å². The molecular weight excluding hydrogens is 348 g/mol. The highest BCUT2D eigenvalue weighted by atomic mass is 35.5. The van der Waals surface area contributed by atoms with Crippen molar-refractivity contribution in [3.8, 4) is 5.75 Å². The van der Waals surface area contributed by atoms with Crippen molar-refractivity contribution in [3.05, 3.63) is 64.7 Å². The molecule has 5 nitrogen and oxygen atoms in total. The van der Waals surface area contributed by atoms with Gasteiger partial charge in [-0.05, 0) is 31.8 Å². The monoisotopic (exact) mass is 374 g/mol. The molecule has 2 aromatic rings. The molecule has 0 aliphatic rings. The quantitative estimate of drug-likeness (QED) is 0.576. The normalized spacial score (nSPS) is 12.8. The lowest BCUT2D eigenvalue weighted by atomic mass is 10.0. The Hall–Kier alpha value is -2.24. The molecular formula is C20H27ClN4O. The van der Waals surface area contributed by atoms with Crippen molar-refractivity contribution in [2.45, 2.75) is 12.6 Å². The molecule has 0 fully saturated rings. The minimum absolute atomic E-state index is 0.144. The molecule has 2 rings (SSSR count). The zero-order valence-corrected chi connectivity index (χ0v) is 16.5. The van der Waals surface area contributed by atoms with Gasteiger partial charge < -0.3 is 20.3 Å². The van der Waals surface area contributed by atoms with Crippen LogP contribution in [0.1, 0.15) is 17.2 Å². The standard InChI is InChI=1S/C20H27ClN4O/c1-22-20(23-13-15-9-5-7-11-17(15)21)24-14-18(25(2)3)16-10-6-8-12-19(16)26-4/h5-12,18H,13-14H2,1-4H3,(H2,22,23,24). The van der Waals surface area contributed by atoms with Gasteiger partial charge >= 0.3 is 0 Å². The van der Waals surface area contributed by atoms with Gasteiger partial charge in [-0.25, -0.2) is 0 Å². The minimum Gasteiger partial charge on any atom is -0.496 e. The molecule has 6 heteroatoms. The number of nitrogens with zero attached hydrogens (tertiary/aromatic N) is 2. The lowest BCUT2D eigenvalue weighted by Gasteiger charge is -2.27. The van der Waals surface area contributed by atoms with Gasteiger partial charge in [0.15, 0.2) is 5.96 Å². The molecule has 0 aliphatic heterocycles. The maximum Gasteiger partial charge on any atom is 0.191 e. The molecule has 26 heavy (non-hydrogen) atoms. The molecule has 1 unspecified atom stereocenters. The number of guanidine groups is 1. The van der Waals surface area contributed by atoms with Gasteiger partial charge in [0.1, 0.15) is 5.75 Å². The molecule has 0 saturated carbocycles. The summed E-state index contributed by atoms with van der Waals surface area (Å²) in [6, 6.07) is 16.0. The number of para-hydroxylation sites is 1. The van der Waals surface area contributed by atoms with E-state index in [2.05, 4.69) is 40.7 Å². The second kappa shape index (κ2) is 10.0. The third kappa shape index (κ3) is 5.38. The van der Waals surface area contributed by atoms with Crippen LogP contribution in [0.3, 0.4) is 0 Å². The van der Waals surface area contributed by atoms with Gasteiger partial charge in [0, 0.05) is 30.7 Å². The van der Waals surface area contributed by atoms with E-state index in [1.165, 1.54) is 0 Å². The van der Waals surface area contributed by atoms with Crippen molar-refractivity contribution < 1.29 is 4.74 Å². The summed E-state index contributed by atoms with van der Waals surface area (Å²) in [5.74, 6) is 1.61. The minimum atomic E-state index is 0.144. The maximum absolute atomic E-state index is 6.21. The molecule has 0 saturated heterocycles. The first-order chi connectivity index (χ1) is 12.6. The Morgan fingerprint density at radius 1 is 1.12 bits per heavy atom. The largest absolute Gasteiger partial charge is 0.496 e. The molecule has 0 bridgehead atoms.